The lowest BCUT2D eigenvalue weighted by Gasteiger charge is -2.05. The third-order valence-electron chi connectivity index (χ3n) is 1.42. The lowest BCUT2D eigenvalue weighted by Crippen LogP contribution is -2.22. The van der Waals surface area contributed by atoms with Crippen LogP contribution in [0.4, 0.5) is 0 Å². The molecule has 0 heterocycles. The molecule has 0 aliphatic rings. The maximum absolute atomic E-state index is 11.1. The van der Waals surface area contributed by atoms with Gasteiger partial charge in [0.1, 0.15) is 6.10 Å². The largest absolute Gasteiger partial charge is 0.459 e. The second-order valence-corrected chi connectivity index (χ2v) is 2.96. The van der Waals surface area contributed by atoms with Crippen LogP contribution in [0.2, 0.25) is 0 Å². The molecular formula is C10H17NO3. The summed E-state index contributed by atoms with van der Waals surface area (Å²) in [5.74, 6) is -0.512. The summed E-state index contributed by atoms with van der Waals surface area (Å²) in [6, 6.07) is 0. The first-order chi connectivity index (χ1) is 6.56. The van der Waals surface area contributed by atoms with E-state index in [-0.39, 0.29) is 18.0 Å². The van der Waals surface area contributed by atoms with Gasteiger partial charge in [0, 0.05) is 19.5 Å². The molecule has 0 aromatic heterocycles. The van der Waals surface area contributed by atoms with Gasteiger partial charge in [-0.1, -0.05) is 6.92 Å². The molecule has 0 saturated carbocycles. The molecule has 0 aliphatic heterocycles. The molecule has 0 aromatic carbocycles. The molecule has 0 spiro atoms. The Bertz CT molecular complexity index is 223. The number of esters is 1. The molecule has 0 bridgehead atoms. The molecule has 1 N–H and O–H groups in total. The Morgan fingerprint density at radius 3 is 2.64 bits per heavy atom. The summed E-state index contributed by atoms with van der Waals surface area (Å²) in [5.41, 5.74) is 0. The van der Waals surface area contributed by atoms with Gasteiger partial charge in [0.05, 0.1) is 0 Å². The van der Waals surface area contributed by atoms with E-state index in [0.717, 1.165) is 6.42 Å². The average Bonchev–Trinajstić information content (AvgIpc) is 2.10. The summed E-state index contributed by atoms with van der Waals surface area (Å²) < 4.78 is 4.80. The lowest BCUT2D eigenvalue weighted by molar-refractivity contribution is -0.143. The van der Waals surface area contributed by atoms with Crippen molar-refractivity contribution >= 4 is 11.9 Å². The lowest BCUT2D eigenvalue weighted by atomic mass is 10.3. The van der Waals surface area contributed by atoms with Crippen LogP contribution in [0.15, 0.2) is 12.2 Å². The summed E-state index contributed by atoms with van der Waals surface area (Å²) in [7, 11) is 0. The molecule has 1 amide bonds. The molecule has 80 valence electrons. The minimum atomic E-state index is -0.361. The molecule has 0 aliphatic carbocycles. The van der Waals surface area contributed by atoms with E-state index in [1.807, 2.05) is 6.92 Å². The van der Waals surface area contributed by atoms with Gasteiger partial charge in [-0.15, -0.1) is 0 Å². The highest BCUT2D eigenvalue weighted by Gasteiger charge is 2.00. The van der Waals surface area contributed by atoms with Gasteiger partial charge in [0.25, 0.3) is 0 Å². The zero-order chi connectivity index (χ0) is 11.0. The third-order valence-corrected chi connectivity index (χ3v) is 1.42. The first kappa shape index (κ1) is 12.7. The van der Waals surface area contributed by atoms with Gasteiger partial charge in [0.2, 0.25) is 5.91 Å². The minimum absolute atomic E-state index is 0.161. The molecule has 4 heteroatoms. The molecule has 0 radical (unpaired) electrons. The van der Waals surface area contributed by atoms with Crippen LogP contribution in [-0.2, 0) is 14.3 Å². The van der Waals surface area contributed by atoms with Gasteiger partial charge in [-0.05, 0) is 19.4 Å². The van der Waals surface area contributed by atoms with Crippen molar-refractivity contribution < 1.29 is 14.3 Å². The maximum atomic E-state index is 11.1. The summed E-state index contributed by atoms with van der Waals surface area (Å²) in [5, 5.41) is 2.67. The number of carbonyl (C=O) groups is 2. The number of ether oxygens (including phenoxy) is 1. The second kappa shape index (κ2) is 7.12. The van der Waals surface area contributed by atoms with E-state index in [9.17, 15) is 9.59 Å². The Morgan fingerprint density at radius 2 is 2.14 bits per heavy atom. The zero-order valence-corrected chi connectivity index (χ0v) is 8.87. The maximum Gasteiger partial charge on any atom is 0.303 e. The standard InChI is InChI=1S/C10H17NO3/c1-4-7-11-10(13)6-5-8(2)14-9(3)12/h5-6,8H,4,7H2,1-3H3,(H,11,13)/b6-5-/t8-/m0/s1. The number of carbonyl (C=O) groups excluding carboxylic acids is 2. The van der Waals surface area contributed by atoms with E-state index in [1.165, 1.54) is 13.0 Å². The molecule has 0 aromatic rings. The normalized spacial score (nSPS) is 12.5. The summed E-state index contributed by atoms with van der Waals surface area (Å²) in [6.07, 6.45) is 3.47. The number of hydrogen-bond donors (Lipinski definition) is 1. The highest BCUT2D eigenvalue weighted by atomic mass is 16.5. The Morgan fingerprint density at radius 1 is 1.50 bits per heavy atom. The predicted molar refractivity (Wildman–Crippen MR) is 53.7 cm³/mol. The SMILES string of the molecule is CCCNC(=O)/C=C\[C@H](C)OC(C)=O. The second-order valence-electron chi connectivity index (χ2n) is 2.96. The molecule has 0 fully saturated rings. The van der Waals surface area contributed by atoms with Gasteiger partial charge >= 0.3 is 5.97 Å². The number of hydrogen-bond acceptors (Lipinski definition) is 3. The molecule has 0 unspecified atom stereocenters. The fourth-order valence-corrected chi connectivity index (χ4v) is 0.831. The Balaban J connectivity index is 3.79. The molecular weight excluding hydrogens is 182 g/mol. The minimum Gasteiger partial charge on any atom is -0.459 e. The zero-order valence-electron chi connectivity index (χ0n) is 8.87. The number of rotatable bonds is 5. The van der Waals surface area contributed by atoms with E-state index >= 15 is 0 Å². The van der Waals surface area contributed by atoms with Gasteiger partial charge in [-0.25, -0.2) is 0 Å². The smallest absolute Gasteiger partial charge is 0.303 e. The van der Waals surface area contributed by atoms with Gasteiger partial charge in [-0.2, -0.15) is 0 Å². The van der Waals surface area contributed by atoms with Crippen LogP contribution in [0.3, 0.4) is 0 Å². The summed E-state index contributed by atoms with van der Waals surface area (Å²) >= 11 is 0. The van der Waals surface area contributed by atoms with E-state index < -0.39 is 0 Å². The molecule has 0 rings (SSSR count). The highest BCUT2D eigenvalue weighted by molar-refractivity contribution is 5.87. The van der Waals surface area contributed by atoms with Crippen molar-refractivity contribution in [1.29, 1.82) is 0 Å². The first-order valence-corrected chi connectivity index (χ1v) is 4.69. The van der Waals surface area contributed by atoms with Crippen LogP contribution >= 0.6 is 0 Å². The van der Waals surface area contributed by atoms with E-state index in [4.69, 9.17) is 4.74 Å². The summed E-state index contributed by atoms with van der Waals surface area (Å²) in [6.45, 7) is 5.67. The van der Waals surface area contributed by atoms with Crippen molar-refractivity contribution in [2.24, 2.45) is 0 Å². The van der Waals surface area contributed by atoms with Crippen LogP contribution in [0.1, 0.15) is 27.2 Å². The van der Waals surface area contributed by atoms with Crippen molar-refractivity contribution in [3.05, 3.63) is 12.2 Å². The van der Waals surface area contributed by atoms with Crippen molar-refractivity contribution in [2.45, 2.75) is 33.3 Å². The molecule has 4 nitrogen and oxygen atoms in total. The number of amides is 1. The van der Waals surface area contributed by atoms with Crippen LogP contribution in [-0.4, -0.2) is 24.5 Å². The van der Waals surface area contributed by atoms with E-state index in [2.05, 4.69) is 5.32 Å². The highest BCUT2D eigenvalue weighted by Crippen LogP contribution is 1.93. The average molecular weight is 199 g/mol. The monoisotopic (exact) mass is 199 g/mol. The summed E-state index contributed by atoms with van der Waals surface area (Å²) in [4.78, 5) is 21.6. The van der Waals surface area contributed by atoms with Crippen LogP contribution in [0.5, 0.6) is 0 Å². The van der Waals surface area contributed by atoms with Gasteiger partial charge in [0.15, 0.2) is 0 Å². The molecule has 1 atom stereocenters. The van der Waals surface area contributed by atoms with Crippen molar-refractivity contribution in [3.63, 3.8) is 0 Å². The van der Waals surface area contributed by atoms with Crippen LogP contribution < -0.4 is 5.32 Å². The third kappa shape index (κ3) is 7.34. The first-order valence-electron chi connectivity index (χ1n) is 4.69. The van der Waals surface area contributed by atoms with Crippen molar-refractivity contribution in [3.8, 4) is 0 Å². The van der Waals surface area contributed by atoms with Crippen molar-refractivity contribution in [1.82, 2.24) is 5.32 Å². The molecule has 0 saturated heterocycles. The topological polar surface area (TPSA) is 55.4 Å². The van der Waals surface area contributed by atoms with Gasteiger partial charge < -0.3 is 10.1 Å². The van der Waals surface area contributed by atoms with Gasteiger partial charge in [-0.3, -0.25) is 9.59 Å². The predicted octanol–water partition coefficient (Wildman–Crippen LogP) is 1.02. The molecule has 14 heavy (non-hydrogen) atoms. The van der Waals surface area contributed by atoms with Crippen LogP contribution in [0.25, 0.3) is 0 Å². The van der Waals surface area contributed by atoms with Crippen LogP contribution in [0, 0.1) is 0 Å². The Labute approximate surface area is 84.3 Å². The van der Waals surface area contributed by atoms with E-state index in [0.29, 0.717) is 6.54 Å². The Hall–Kier alpha value is -1.32. The number of nitrogens with one attached hydrogen (secondary N) is 1. The fourth-order valence-electron chi connectivity index (χ4n) is 0.831. The fraction of sp³-hybridized carbons (Fsp3) is 0.600. The Kier molecular flexibility index (Phi) is 6.45. The quantitative estimate of drug-likeness (QED) is 0.531. The van der Waals surface area contributed by atoms with Crippen molar-refractivity contribution in [2.75, 3.05) is 6.54 Å². The van der Waals surface area contributed by atoms with E-state index in [1.54, 1.807) is 13.0 Å².